The van der Waals surface area contributed by atoms with Gasteiger partial charge in [-0.15, -0.1) is 0 Å². The fraction of sp³-hybridized carbons (Fsp3) is 0.412. The molecular formula is C17H18N2O5. The Morgan fingerprint density at radius 2 is 1.71 bits per heavy atom. The summed E-state index contributed by atoms with van der Waals surface area (Å²) in [7, 11) is 0. The molecule has 1 aromatic heterocycles. The number of hydrogen-bond donors (Lipinski definition) is 2. The molecule has 126 valence electrons. The van der Waals surface area contributed by atoms with Gasteiger partial charge >= 0.3 is 0 Å². The van der Waals surface area contributed by atoms with Crippen LogP contribution in [0.15, 0.2) is 18.2 Å². The largest absolute Gasteiger partial charge is 0.494 e. The van der Waals surface area contributed by atoms with Gasteiger partial charge in [0, 0.05) is 11.6 Å². The normalized spacial score (nSPS) is 27.5. The van der Waals surface area contributed by atoms with Crippen LogP contribution in [0.25, 0.3) is 5.69 Å². The fourth-order valence-corrected chi connectivity index (χ4v) is 4.21. The van der Waals surface area contributed by atoms with E-state index in [1.54, 1.807) is 13.0 Å². The summed E-state index contributed by atoms with van der Waals surface area (Å²) in [6, 6.07) is 4.48. The van der Waals surface area contributed by atoms with Crippen LogP contribution in [0.2, 0.25) is 0 Å². The summed E-state index contributed by atoms with van der Waals surface area (Å²) in [5.41, 5.74) is 0.935. The van der Waals surface area contributed by atoms with Crippen LogP contribution < -0.4 is 0 Å². The zero-order chi connectivity index (χ0) is 17.4. The number of aryl methyl sites for hydroxylation is 1. The second kappa shape index (κ2) is 4.30. The molecule has 0 amide bonds. The Morgan fingerprint density at radius 3 is 2.17 bits per heavy atom. The fourth-order valence-electron chi connectivity index (χ4n) is 4.21. The van der Waals surface area contributed by atoms with Crippen LogP contribution in [0.1, 0.15) is 43.4 Å². The van der Waals surface area contributed by atoms with Crippen LogP contribution in [0.5, 0.6) is 11.8 Å². The maximum atomic E-state index is 11.0. The quantitative estimate of drug-likeness (QED) is 0.650. The first-order valence-corrected chi connectivity index (χ1v) is 7.81. The Hall–Kier alpha value is -2.54. The van der Waals surface area contributed by atoms with Gasteiger partial charge in [-0.3, -0.25) is 14.7 Å². The van der Waals surface area contributed by atoms with E-state index >= 15 is 0 Å². The van der Waals surface area contributed by atoms with Crippen molar-refractivity contribution in [1.82, 2.24) is 4.57 Å². The smallest absolute Gasteiger partial charge is 0.272 e. The highest BCUT2D eigenvalue weighted by atomic mass is 16.6. The van der Waals surface area contributed by atoms with Crippen LogP contribution in [0, 0.1) is 17.0 Å². The average Bonchev–Trinajstić information content (AvgIpc) is 3.03. The van der Waals surface area contributed by atoms with Crippen molar-refractivity contribution in [3.8, 4) is 17.4 Å². The molecule has 0 spiro atoms. The first kappa shape index (κ1) is 15.0. The Kier molecular flexibility index (Phi) is 2.69. The highest BCUT2D eigenvalue weighted by Crippen LogP contribution is 2.64. The summed E-state index contributed by atoms with van der Waals surface area (Å²) in [5.74, 6) is -0.136. The zero-order valence-electron chi connectivity index (χ0n) is 13.7. The van der Waals surface area contributed by atoms with E-state index in [2.05, 4.69) is 0 Å². The van der Waals surface area contributed by atoms with Crippen LogP contribution >= 0.6 is 0 Å². The minimum absolute atomic E-state index is 0.000229. The monoisotopic (exact) mass is 330 g/mol. The molecule has 0 saturated carbocycles. The predicted octanol–water partition coefficient (Wildman–Crippen LogP) is 3.36. The highest BCUT2D eigenvalue weighted by Gasteiger charge is 2.59. The molecule has 2 bridgehead atoms. The average molecular weight is 330 g/mol. The van der Waals surface area contributed by atoms with E-state index in [4.69, 9.17) is 4.74 Å². The lowest BCUT2D eigenvalue weighted by atomic mass is 9.80. The van der Waals surface area contributed by atoms with E-state index in [9.17, 15) is 20.3 Å². The number of nitro benzene ring substituents is 1. The van der Waals surface area contributed by atoms with Gasteiger partial charge in [0.1, 0.15) is 0 Å². The van der Waals surface area contributed by atoms with Gasteiger partial charge in [-0.25, -0.2) is 0 Å². The van der Waals surface area contributed by atoms with E-state index in [-0.39, 0.29) is 17.4 Å². The van der Waals surface area contributed by atoms with Crippen LogP contribution in [-0.2, 0) is 15.9 Å². The third-order valence-electron chi connectivity index (χ3n) is 5.34. The Labute approximate surface area is 138 Å². The van der Waals surface area contributed by atoms with Crippen molar-refractivity contribution in [3.63, 3.8) is 0 Å². The SMILES string of the molecule is Cc1cc(-n2c(O)c3c(c2O)[C@]2(C)CC[C@@]3(C)O2)ccc1[N+](=O)[O-]. The number of rotatable bonds is 2. The Morgan fingerprint density at radius 1 is 1.17 bits per heavy atom. The molecule has 2 aliphatic heterocycles. The van der Waals surface area contributed by atoms with Crippen molar-refractivity contribution in [2.24, 2.45) is 0 Å². The van der Waals surface area contributed by atoms with Crippen LogP contribution in [0.3, 0.4) is 0 Å². The highest BCUT2D eigenvalue weighted by molar-refractivity contribution is 5.61. The summed E-state index contributed by atoms with van der Waals surface area (Å²) in [5, 5.41) is 32.5. The molecular weight excluding hydrogens is 312 g/mol. The van der Waals surface area contributed by atoms with Gasteiger partial charge in [-0.1, -0.05) is 0 Å². The molecule has 2 aromatic rings. The van der Waals surface area contributed by atoms with Crippen molar-refractivity contribution in [2.45, 2.75) is 44.8 Å². The van der Waals surface area contributed by atoms with Gasteiger partial charge in [-0.2, -0.15) is 0 Å². The molecule has 4 rings (SSSR count). The molecule has 0 aliphatic carbocycles. The summed E-state index contributed by atoms with van der Waals surface area (Å²) in [6.07, 6.45) is 1.54. The lowest BCUT2D eigenvalue weighted by Gasteiger charge is -2.21. The van der Waals surface area contributed by atoms with E-state index in [1.165, 1.54) is 16.7 Å². The van der Waals surface area contributed by atoms with E-state index in [0.717, 1.165) is 12.8 Å². The Balaban J connectivity index is 1.94. The van der Waals surface area contributed by atoms with Gasteiger partial charge in [0.05, 0.1) is 32.9 Å². The molecule has 3 heterocycles. The van der Waals surface area contributed by atoms with Crippen molar-refractivity contribution in [2.75, 3.05) is 0 Å². The standard InChI is InChI=1S/C17H18N2O5/c1-9-8-10(4-5-11(9)19(22)23)18-14(20)12-13(15(18)21)17(3)7-6-16(12,2)24-17/h4-5,8,20-21H,6-7H2,1-3H3/t16-,17+. The van der Waals surface area contributed by atoms with Gasteiger partial charge in [0.2, 0.25) is 11.8 Å². The number of aromatic hydroxyl groups is 2. The number of nitrogens with zero attached hydrogens (tertiary/aromatic N) is 2. The Bertz CT molecular complexity index is 863. The third-order valence-corrected chi connectivity index (χ3v) is 5.34. The second-order valence-electron chi connectivity index (χ2n) is 7.02. The molecule has 24 heavy (non-hydrogen) atoms. The number of nitro groups is 1. The first-order chi connectivity index (χ1) is 11.2. The lowest BCUT2D eigenvalue weighted by Crippen LogP contribution is -2.17. The van der Waals surface area contributed by atoms with Crippen LogP contribution in [0.4, 0.5) is 5.69 Å². The minimum atomic E-state index is -0.618. The molecule has 1 saturated heterocycles. The van der Waals surface area contributed by atoms with Crippen LogP contribution in [-0.4, -0.2) is 19.7 Å². The first-order valence-electron chi connectivity index (χ1n) is 7.81. The molecule has 0 unspecified atom stereocenters. The molecule has 2 aliphatic rings. The third kappa shape index (κ3) is 1.65. The molecule has 1 fully saturated rings. The van der Waals surface area contributed by atoms with E-state index in [0.29, 0.717) is 22.4 Å². The number of aromatic nitrogens is 1. The van der Waals surface area contributed by atoms with E-state index < -0.39 is 16.1 Å². The zero-order valence-corrected chi connectivity index (χ0v) is 13.7. The van der Waals surface area contributed by atoms with Gasteiger partial charge < -0.3 is 14.9 Å². The lowest BCUT2D eigenvalue weighted by molar-refractivity contribution is -0.385. The number of hydrogen-bond acceptors (Lipinski definition) is 5. The maximum Gasteiger partial charge on any atom is 0.272 e. The van der Waals surface area contributed by atoms with Gasteiger partial charge in [-0.05, 0) is 45.7 Å². The number of benzene rings is 1. The summed E-state index contributed by atoms with van der Waals surface area (Å²) >= 11 is 0. The topological polar surface area (TPSA) is 97.8 Å². The second-order valence-corrected chi connectivity index (χ2v) is 7.02. The number of fused-ring (bicyclic) bond motifs is 5. The molecule has 2 atom stereocenters. The summed E-state index contributed by atoms with van der Waals surface area (Å²) in [6.45, 7) is 5.45. The summed E-state index contributed by atoms with van der Waals surface area (Å²) in [4.78, 5) is 10.5. The summed E-state index contributed by atoms with van der Waals surface area (Å²) < 4.78 is 7.40. The molecule has 1 aromatic carbocycles. The van der Waals surface area contributed by atoms with E-state index in [1.807, 2.05) is 13.8 Å². The van der Waals surface area contributed by atoms with Crippen molar-refractivity contribution in [1.29, 1.82) is 0 Å². The van der Waals surface area contributed by atoms with Crippen molar-refractivity contribution in [3.05, 3.63) is 45.0 Å². The molecule has 0 radical (unpaired) electrons. The molecule has 2 N–H and O–H groups in total. The molecule has 7 heteroatoms. The maximum absolute atomic E-state index is 11.0. The predicted molar refractivity (Wildman–Crippen MR) is 85.5 cm³/mol. The van der Waals surface area contributed by atoms with Gasteiger partial charge in [0.15, 0.2) is 0 Å². The van der Waals surface area contributed by atoms with Crippen molar-refractivity contribution < 1.29 is 19.9 Å². The molecule has 7 nitrogen and oxygen atoms in total. The van der Waals surface area contributed by atoms with Gasteiger partial charge in [0.25, 0.3) is 5.69 Å². The minimum Gasteiger partial charge on any atom is -0.494 e. The number of ether oxygens (including phenoxy) is 1. The van der Waals surface area contributed by atoms with Crippen molar-refractivity contribution >= 4 is 5.69 Å².